The summed E-state index contributed by atoms with van der Waals surface area (Å²) >= 11 is 0. The molecule has 4 aromatic heterocycles. The van der Waals surface area contributed by atoms with Crippen LogP contribution in [0.3, 0.4) is 0 Å². The smallest absolute Gasteiger partial charge is 0.325 e. The van der Waals surface area contributed by atoms with Crippen LogP contribution in [0.2, 0.25) is 0 Å². The summed E-state index contributed by atoms with van der Waals surface area (Å²) in [4.78, 5) is 37.2. The number of ether oxygens (including phenoxy) is 1. The van der Waals surface area contributed by atoms with Crippen molar-refractivity contribution in [2.24, 2.45) is 0 Å². The molecule has 30 heavy (non-hydrogen) atoms. The highest BCUT2D eigenvalue weighted by molar-refractivity contribution is 6.07. The van der Waals surface area contributed by atoms with Gasteiger partial charge in [0.2, 0.25) is 0 Å². The zero-order chi connectivity index (χ0) is 20.9. The van der Waals surface area contributed by atoms with Crippen LogP contribution in [0, 0.1) is 0 Å². The molecule has 9 nitrogen and oxygen atoms in total. The van der Waals surface area contributed by atoms with Crippen LogP contribution in [0.25, 0.3) is 22.3 Å². The van der Waals surface area contributed by atoms with Gasteiger partial charge in [0.05, 0.1) is 36.5 Å². The molecule has 0 aliphatic carbocycles. The molecule has 0 bridgehead atoms. The van der Waals surface area contributed by atoms with E-state index in [-0.39, 0.29) is 6.54 Å². The molecule has 0 aliphatic rings. The normalized spacial score (nSPS) is 10.7. The second-order valence-corrected chi connectivity index (χ2v) is 6.46. The van der Waals surface area contributed by atoms with Gasteiger partial charge >= 0.3 is 5.97 Å². The minimum atomic E-state index is -0.534. The molecule has 0 spiro atoms. The SMILES string of the molecule is COC(=O)CNC(=O)c1cc(-c2cccnc2)nc2c1cnn2Cc1cccnc1. The van der Waals surface area contributed by atoms with Crippen molar-refractivity contribution in [3.8, 4) is 11.3 Å². The third kappa shape index (κ3) is 4.00. The van der Waals surface area contributed by atoms with Gasteiger partial charge in [0.15, 0.2) is 5.65 Å². The highest BCUT2D eigenvalue weighted by Gasteiger charge is 2.18. The molecule has 0 fully saturated rings. The minimum Gasteiger partial charge on any atom is -0.468 e. The van der Waals surface area contributed by atoms with Gasteiger partial charge in [-0.1, -0.05) is 6.07 Å². The van der Waals surface area contributed by atoms with E-state index < -0.39 is 11.9 Å². The summed E-state index contributed by atoms with van der Waals surface area (Å²) in [5.41, 5.74) is 3.19. The molecule has 0 unspecified atom stereocenters. The second-order valence-electron chi connectivity index (χ2n) is 6.46. The summed E-state index contributed by atoms with van der Waals surface area (Å²) in [7, 11) is 1.27. The average molecular weight is 402 g/mol. The number of esters is 1. The maximum Gasteiger partial charge on any atom is 0.325 e. The van der Waals surface area contributed by atoms with Gasteiger partial charge in [-0.2, -0.15) is 5.10 Å². The lowest BCUT2D eigenvalue weighted by Gasteiger charge is -2.09. The molecule has 4 rings (SSSR count). The number of hydrogen-bond donors (Lipinski definition) is 1. The van der Waals surface area contributed by atoms with Crippen LogP contribution in [-0.2, 0) is 16.1 Å². The Kier molecular flexibility index (Phi) is 5.42. The van der Waals surface area contributed by atoms with Gasteiger partial charge in [0.25, 0.3) is 5.91 Å². The summed E-state index contributed by atoms with van der Waals surface area (Å²) in [5, 5.41) is 7.57. The van der Waals surface area contributed by atoms with Crippen molar-refractivity contribution in [2.75, 3.05) is 13.7 Å². The Balaban J connectivity index is 1.79. The fourth-order valence-electron chi connectivity index (χ4n) is 3.00. The maximum absolute atomic E-state index is 12.8. The molecule has 4 heterocycles. The number of amides is 1. The Morgan fingerprint density at radius 3 is 2.60 bits per heavy atom. The quantitative estimate of drug-likeness (QED) is 0.490. The summed E-state index contributed by atoms with van der Waals surface area (Å²) in [6.45, 7) is 0.218. The van der Waals surface area contributed by atoms with Crippen molar-refractivity contribution in [2.45, 2.75) is 6.54 Å². The molecule has 9 heteroatoms. The molecule has 1 amide bonds. The van der Waals surface area contributed by atoms with E-state index in [2.05, 4.69) is 25.1 Å². The van der Waals surface area contributed by atoms with E-state index in [0.29, 0.717) is 28.8 Å². The maximum atomic E-state index is 12.8. The topological polar surface area (TPSA) is 112 Å². The zero-order valence-corrected chi connectivity index (χ0v) is 16.1. The van der Waals surface area contributed by atoms with Crippen molar-refractivity contribution in [3.63, 3.8) is 0 Å². The summed E-state index contributed by atoms with van der Waals surface area (Å²) < 4.78 is 6.30. The molecule has 0 aliphatic heterocycles. The number of carbonyl (C=O) groups excluding carboxylic acids is 2. The first kappa shape index (κ1) is 19.2. The van der Waals surface area contributed by atoms with Gasteiger partial charge in [-0.05, 0) is 29.8 Å². The van der Waals surface area contributed by atoms with E-state index in [1.54, 1.807) is 47.8 Å². The summed E-state index contributed by atoms with van der Waals surface area (Å²) in [6, 6.07) is 9.11. The molecule has 4 aromatic rings. The Hall–Kier alpha value is -4.14. The number of methoxy groups -OCH3 is 1. The van der Waals surface area contributed by atoms with Crippen LogP contribution in [-0.4, -0.2) is 50.3 Å². The molecule has 0 aromatic carbocycles. The lowest BCUT2D eigenvalue weighted by Crippen LogP contribution is -2.30. The first-order valence-corrected chi connectivity index (χ1v) is 9.16. The predicted octanol–water partition coefficient (Wildman–Crippen LogP) is 1.84. The minimum absolute atomic E-state index is 0.231. The number of aromatic nitrogens is 5. The number of pyridine rings is 3. The van der Waals surface area contributed by atoms with Gasteiger partial charge in [-0.25, -0.2) is 9.67 Å². The van der Waals surface area contributed by atoms with Crippen LogP contribution < -0.4 is 5.32 Å². The number of nitrogens with one attached hydrogen (secondary N) is 1. The third-order valence-corrected chi connectivity index (χ3v) is 4.49. The van der Waals surface area contributed by atoms with E-state index >= 15 is 0 Å². The van der Waals surface area contributed by atoms with Gasteiger partial charge in [0, 0.05) is 30.4 Å². The van der Waals surface area contributed by atoms with Crippen LogP contribution in [0.4, 0.5) is 0 Å². The number of nitrogens with zero attached hydrogens (tertiary/aromatic N) is 5. The molecule has 0 radical (unpaired) electrons. The standard InChI is InChI=1S/C21H18N6O3/c1-30-19(28)12-24-21(29)16-8-18(15-5-3-7-23-10-15)26-20-17(16)11-25-27(20)13-14-4-2-6-22-9-14/h2-11H,12-13H2,1H3,(H,24,29). The number of rotatable bonds is 6. The van der Waals surface area contributed by atoms with Crippen LogP contribution in [0.5, 0.6) is 0 Å². The Morgan fingerprint density at radius 1 is 1.10 bits per heavy atom. The van der Waals surface area contributed by atoms with Crippen LogP contribution >= 0.6 is 0 Å². The largest absolute Gasteiger partial charge is 0.468 e. The van der Waals surface area contributed by atoms with Gasteiger partial charge in [0.1, 0.15) is 6.54 Å². The van der Waals surface area contributed by atoms with E-state index in [9.17, 15) is 9.59 Å². The van der Waals surface area contributed by atoms with E-state index in [1.165, 1.54) is 7.11 Å². The van der Waals surface area contributed by atoms with Crippen LogP contribution in [0.1, 0.15) is 15.9 Å². The zero-order valence-electron chi connectivity index (χ0n) is 16.1. The van der Waals surface area contributed by atoms with Crippen molar-refractivity contribution in [3.05, 3.63) is 72.4 Å². The fourth-order valence-corrected chi connectivity index (χ4v) is 3.00. The highest BCUT2D eigenvalue weighted by atomic mass is 16.5. The molecule has 0 atom stereocenters. The number of fused-ring (bicyclic) bond motifs is 1. The van der Waals surface area contributed by atoms with Crippen molar-refractivity contribution in [1.29, 1.82) is 0 Å². The van der Waals surface area contributed by atoms with Crippen molar-refractivity contribution < 1.29 is 14.3 Å². The second kappa shape index (κ2) is 8.48. The number of hydrogen-bond acceptors (Lipinski definition) is 7. The molecular weight excluding hydrogens is 384 g/mol. The van der Waals surface area contributed by atoms with Crippen molar-refractivity contribution in [1.82, 2.24) is 30.0 Å². The average Bonchev–Trinajstić information content (AvgIpc) is 3.20. The van der Waals surface area contributed by atoms with E-state index in [1.807, 2.05) is 18.2 Å². The predicted molar refractivity (Wildman–Crippen MR) is 108 cm³/mol. The Bertz CT molecular complexity index is 1190. The van der Waals surface area contributed by atoms with Crippen molar-refractivity contribution >= 4 is 22.9 Å². The van der Waals surface area contributed by atoms with Gasteiger partial charge in [-0.15, -0.1) is 0 Å². The van der Waals surface area contributed by atoms with E-state index in [0.717, 1.165) is 11.1 Å². The first-order valence-electron chi connectivity index (χ1n) is 9.16. The highest BCUT2D eigenvalue weighted by Crippen LogP contribution is 2.25. The first-order chi connectivity index (χ1) is 14.7. The Morgan fingerprint density at radius 2 is 1.90 bits per heavy atom. The van der Waals surface area contributed by atoms with Crippen LogP contribution in [0.15, 0.2) is 61.3 Å². The molecule has 1 N–H and O–H groups in total. The van der Waals surface area contributed by atoms with Gasteiger partial charge < -0.3 is 10.1 Å². The summed E-state index contributed by atoms with van der Waals surface area (Å²) in [5.74, 6) is -0.952. The summed E-state index contributed by atoms with van der Waals surface area (Å²) in [6.07, 6.45) is 8.39. The lowest BCUT2D eigenvalue weighted by molar-refractivity contribution is -0.139. The molecule has 0 saturated heterocycles. The Labute approximate surface area is 171 Å². The molecule has 0 saturated carbocycles. The number of carbonyl (C=O) groups is 2. The molecule has 150 valence electrons. The van der Waals surface area contributed by atoms with E-state index in [4.69, 9.17) is 4.98 Å². The third-order valence-electron chi connectivity index (χ3n) is 4.49. The van der Waals surface area contributed by atoms with Gasteiger partial charge in [-0.3, -0.25) is 19.6 Å². The fraction of sp³-hybridized carbons (Fsp3) is 0.143. The molecular formula is C21H18N6O3. The monoisotopic (exact) mass is 402 g/mol. The lowest BCUT2D eigenvalue weighted by atomic mass is 10.1.